The number of aromatic nitrogens is 1. The molecule has 11 aromatic rings. The van der Waals surface area contributed by atoms with Crippen LogP contribution in [0.5, 0.6) is 0 Å². The summed E-state index contributed by atoms with van der Waals surface area (Å²) in [7, 11) is 0. The van der Waals surface area contributed by atoms with Crippen molar-refractivity contribution in [3.8, 4) is 16.8 Å². The van der Waals surface area contributed by atoms with Crippen molar-refractivity contribution in [2.24, 2.45) is 0 Å². The number of rotatable bonds is 2. The predicted molar refractivity (Wildman–Crippen MR) is 292 cm³/mol. The number of benzene rings is 8. The lowest BCUT2D eigenvalue weighted by molar-refractivity contribution is 0.590. The first kappa shape index (κ1) is 40.6. The summed E-state index contributed by atoms with van der Waals surface area (Å²) in [5.74, 6) is 0. The van der Waals surface area contributed by atoms with Gasteiger partial charge in [0.25, 0.3) is 6.71 Å². The Labute approximate surface area is 403 Å². The topological polar surface area (TPSA) is 37.7 Å². The normalized spacial score (nSPS) is 14.1. The zero-order valence-corrected chi connectivity index (χ0v) is 41.1. The molecule has 0 aliphatic carbocycles. The number of fused-ring (bicyclic) bond motifs is 14. The van der Waals surface area contributed by atoms with Crippen molar-refractivity contribution in [3.63, 3.8) is 0 Å². The Morgan fingerprint density at radius 3 is 1.87 bits per heavy atom. The maximum Gasteiger partial charge on any atom is 0.297 e. The van der Waals surface area contributed by atoms with Gasteiger partial charge in [-0.25, -0.2) is 0 Å². The maximum atomic E-state index is 7.46. The van der Waals surface area contributed by atoms with Gasteiger partial charge in [-0.05, 0) is 140 Å². The lowest BCUT2D eigenvalue weighted by atomic mass is 9.35. The fourth-order valence-corrected chi connectivity index (χ4v) is 12.0. The third-order valence-electron chi connectivity index (χ3n) is 15.5. The van der Waals surface area contributed by atoms with E-state index in [1.54, 1.807) is 0 Å². The molecule has 0 radical (unpaired) electrons. The quantitative estimate of drug-likeness (QED) is 0.162. The van der Waals surface area contributed by atoms with E-state index in [1.165, 1.54) is 83.3 Å². The van der Waals surface area contributed by atoms with E-state index in [-0.39, 0.29) is 23.0 Å². The Balaban J connectivity index is 1.14. The van der Waals surface area contributed by atoms with E-state index in [0.29, 0.717) is 0 Å². The second-order valence-corrected chi connectivity index (χ2v) is 23.1. The van der Waals surface area contributed by atoms with E-state index in [0.717, 1.165) is 61.2 Å². The molecule has 0 bridgehead atoms. The van der Waals surface area contributed by atoms with Crippen LogP contribution in [0.1, 0.15) is 84.6 Å². The van der Waals surface area contributed by atoms with Crippen LogP contribution in [0, 0.1) is 6.92 Å². The third-order valence-corrected chi connectivity index (χ3v) is 15.5. The Hall–Kier alpha value is -7.44. The highest BCUT2D eigenvalue weighted by molar-refractivity contribution is 7.00. The van der Waals surface area contributed by atoms with Gasteiger partial charge in [0.05, 0.1) is 39.4 Å². The molecule has 336 valence electrons. The first-order chi connectivity index (χ1) is 33.0. The molecule has 69 heavy (non-hydrogen) atoms. The first-order valence-electron chi connectivity index (χ1n) is 24.6. The lowest BCUT2D eigenvalue weighted by Gasteiger charge is -2.45. The molecule has 0 unspecified atom stereocenters. The minimum atomic E-state index is -0.200. The average Bonchev–Trinajstić information content (AvgIpc) is 3.99. The van der Waals surface area contributed by atoms with Crippen molar-refractivity contribution < 1.29 is 8.83 Å². The molecule has 3 aromatic heterocycles. The van der Waals surface area contributed by atoms with E-state index in [4.69, 9.17) is 8.83 Å². The molecule has 14 rings (SSSR count). The minimum absolute atomic E-state index is 0.00496. The summed E-state index contributed by atoms with van der Waals surface area (Å²) in [4.78, 5) is 5.13. The molecule has 0 saturated carbocycles. The van der Waals surface area contributed by atoms with Crippen LogP contribution in [-0.4, -0.2) is 11.3 Å². The van der Waals surface area contributed by atoms with Crippen LogP contribution in [0.25, 0.3) is 71.5 Å². The highest BCUT2D eigenvalue weighted by Gasteiger charge is 2.50. The zero-order chi connectivity index (χ0) is 47.2. The first-order valence-corrected chi connectivity index (χ1v) is 24.6. The van der Waals surface area contributed by atoms with Gasteiger partial charge in [0.1, 0.15) is 16.7 Å². The molecule has 0 fully saturated rings. The predicted octanol–water partition coefficient (Wildman–Crippen LogP) is 15.7. The number of anilines is 6. The summed E-state index contributed by atoms with van der Waals surface area (Å²) in [6, 6.07) is 54.6. The van der Waals surface area contributed by atoms with Crippen LogP contribution in [0.2, 0.25) is 0 Å². The Kier molecular flexibility index (Phi) is 7.90. The van der Waals surface area contributed by atoms with Crippen molar-refractivity contribution >= 4 is 112 Å². The van der Waals surface area contributed by atoms with Crippen molar-refractivity contribution in [1.82, 2.24) is 4.57 Å². The second kappa shape index (κ2) is 13.4. The molecular weight excluding hydrogens is 842 g/mol. The third kappa shape index (κ3) is 5.60. The van der Waals surface area contributed by atoms with Gasteiger partial charge in [0.15, 0.2) is 0 Å². The molecule has 0 N–H and O–H groups in total. The molecule has 0 saturated heterocycles. The van der Waals surface area contributed by atoms with Crippen LogP contribution in [0.15, 0.2) is 154 Å². The number of hydrogen-bond acceptors (Lipinski definition) is 4. The van der Waals surface area contributed by atoms with Crippen molar-refractivity contribution in [1.29, 1.82) is 0 Å². The standard InChI is InChI=1S/C63H54BN3O2/c1-35-26-49-56-50(27-35)67-51-32-39(62(5,6)7)30-45-44-29-38(61(2,3)4)21-24-48(44)66(57(45)51)52-33-40(63(8,9)10)31-47(59(52)67)64(56)60-58(46-28-37(20-25-54(46)69-60)36-16-12-11-13-17-36)65(49)41-22-23-43-42-18-14-15-19-53(42)68-55(43)34-41/h11-34H,1-10H3. The smallest absolute Gasteiger partial charge is 0.297 e. The average molecular weight is 896 g/mol. The number of hydrogen-bond donors (Lipinski definition) is 0. The molecule has 0 amide bonds. The van der Waals surface area contributed by atoms with Crippen molar-refractivity contribution in [2.75, 3.05) is 9.80 Å². The summed E-state index contributed by atoms with van der Waals surface area (Å²) in [6.07, 6.45) is 0. The van der Waals surface area contributed by atoms with Crippen molar-refractivity contribution in [3.05, 3.63) is 168 Å². The van der Waals surface area contributed by atoms with E-state index >= 15 is 0 Å². The van der Waals surface area contributed by atoms with Crippen molar-refractivity contribution in [2.45, 2.75) is 85.5 Å². The van der Waals surface area contributed by atoms with Crippen LogP contribution < -0.4 is 26.4 Å². The molecule has 5 nitrogen and oxygen atoms in total. The summed E-state index contributed by atoms with van der Waals surface area (Å²) >= 11 is 0. The zero-order valence-electron chi connectivity index (χ0n) is 41.1. The highest BCUT2D eigenvalue weighted by Crippen LogP contribution is 2.55. The molecule has 0 spiro atoms. The fraction of sp³-hybridized carbons (Fsp3) is 0.206. The molecule has 6 heteroatoms. The van der Waals surface area contributed by atoms with Crippen LogP contribution in [0.4, 0.5) is 34.1 Å². The van der Waals surface area contributed by atoms with Gasteiger partial charge in [-0.2, -0.15) is 0 Å². The van der Waals surface area contributed by atoms with Crippen LogP contribution in [-0.2, 0) is 16.2 Å². The van der Waals surface area contributed by atoms with Gasteiger partial charge >= 0.3 is 0 Å². The number of aryl methyl sites for hydroxylation is 1. The van der Waals surface area contributed by atoms with Crippen LogP contribution in [0.3, 0.4) is 0 Å². The van der Waals surface area contributed by atoms with E-state index < -0.39 is 0 Å². The SMILES string of the molecule is Cc1cc2c3c(c1)N1c4c(cc(C(C)(C)C)cc4-n4c5ccc(C(C)(C)C)cc5c5cc(C(C)(C)C)cc1c54)B3c1oc3ccc(-c4ccccc4)cc3c1N2c1ccc2c(c1)oc1ccccc12. The Morgan fingerprint density at radius 1 is 0.435 bits per heavy atom. The summed E-state index contributed by atoms with van der Waals surface area (Å²) in [6.45, 7) is 23.1. The largest absolute Gasteiger partial charge is 0.468 e. The summed E-state index contributed by atoms with van der Waals surface area (Å²) in [5.41, 5.74) is 23.9. The number of furan rings is 2. The molecular formula is C63H54BN3O2. The molecule has 3 aliphatic heterocycles. The van der Waals surface area contributed by atoms with Crippen LogP contribution >= 0.6 is 0 Å². The minimum Gasteiger partial charge on any atom is -0.468 e. The van der Waals surface area contributed by atoms with E-state index in [9.17, 15) is 0 Å². The van der Waals surface area contributed by atoms with Gasteiger partial charge in [-0.15, -0.1) is 0 Å². The van der Waals surface area contributed by atoms with Gasteiger partial charge < -0.3 is 23.2 Å². The highest BCUT2D eigenvalue weighted by atomic mass is 16.3. The van der Waals surface area contributed by atoms with Gasteiger partial charge in [0, 0.05) is 50.1 Å². The number of para-hydroxylation sites is 1. The van der Waals surface area contributed by atoms with Gasteiger partial charge in [-0.3, -0.25) is 0 Å². The van der Waals surface area contributed by atoms with E-state index in [2.05, 4.69) is 223 Å². The summed E-state index contributed by atoms with van der Waals surface area (Å²) in [5, 5.41) is 5.91. The summed E-state index contributed by atoms with van der Waals surface area (Å²) < 4.78 is 16.7. The second-order valence-electron chi connectivity index (χ2n) is 23.1. The maximum absolute atomic E-state index is 7.46. The Bertz CT molecular complexity index is 4050. The fourth-order valence-electron chi connectivity index (χ4n) is 12.0. The lowest BCUT2D eigenvalue weighted by Crippen LogP contribution is -2.61. The molecule has 3 aliphatic rings. The van der Waals surface area contributed by atoms with E-state index in [1.807, 2.05) is 6.07 Å². The molecule has 0 atom stereocenters. The Morgan fingerprint density at radius 2 is 1.10 bits per heavy atom. The molecule has 8 aromatic carbocycles. The van der Waals surface area contributed by atoms with Gasteiger partial charge in [0.2, 0.25) is 0 Å². The monoisotopic (exact) mass is 895 g/mol. The number of nitrogens with zero attached hydrogens (tertiary/aromatic N) is 3. The molecule has 6 heterocycles. The van der Waals surface area contributed by atoms with Gasteiger partial charge in [-0.1, -0.05) is 129 Å².